The number of hydrogen-bond donors (Lipinski definition) is 1. The van der Waals surface area contributed by atoms with E-state index in [4.69, 9.17) is 10.1 Å². The van der Waals surface area contributed by atoms with Crippen LogP contribution in [0.15, 0.2) is 49.2 Å². The largest absolute Gasteiger partial charge is 0.376 e. The molecular weight excluding hydrogens is 404 g/mol. The first kappa shape index (κ1) is 19.7. The van der Waals surface area contributed by atoms with Crippen molar-refractivity contribution in [1.82, 2.24) is 38.9 Å². The molecule has 0 spiro atoms. The molecule has 32 heavy (non-hydrogen) atoms. The van der Waals surface area contributed by atoms with Crippen molar-refractivity contribution in [1.29, 1.82) is 0 Å². The highest BCUT2D eigenvalue weighted by atomic mass is 15.3. The second kappa shape index (κ2) is 7.49. The van der Waals surface area contributed by atoms with Gasteiger partial charge in [-0.2, -0.15) is 5.10 Å². The van der Waals surface area contributed by atoms with Crippen LogP contribution >= 0.6 is 0 Å². The Morgan fingerprint density at radius 1 is 1.00 bits per heavy atom. The van der Waals surface area contributed by atoms with E-state index in [1.54, 1.807) is 10.9 Å². The number of nitrogens with zero attached hydrogens (tertiary/aromatic N) is 9. The van der Waals surface area contributed by atoms with Crippen LogP contribution in [0.25, 0.3) is 28.4 Å². The predicted molar refractivity (Wildman–Crippen MR) is 124 cm³/mol. The van der Waals surface area contributed by atoms with Gasteiger partial charge >= 0.3 is 0 Å². The maximum Gasteiger partial charge on any atom is 0.218 e. The van der Waals surface area contributed by atoms with Crippen molar-refractivity contribution < 1.29 is 0 Å². The Morgan fingerprint density at radius 3 is 2.47 bits per heavy atom. The molecule has 0 aliphatic heterocycles. The topological polar surface area (TPSA) is 94.0 Å². The van der Waals surface area contributed by atoms with Gasteiger partial charge in [0.25, 0.3) is 0 Å². The maximum absolute atomic E-state index is 4.83. The average molecular weight is 429 g/mol. The summed E-state index contributed by atoms with van der Waals surface area (Å²) in [6.07, 6.45) is 9.34. The third-order valence-electron chi connectivity index (χ3n) is 5.41. The van der Waals surface area contributed by atoms with Gasteiger partial charge in [-0.3, -0.25) is 4.68 Å². The molecule has 0 bridgehead atoms. The molecule has 0 amide bonds. The molecule has 0 unspecified atom stereocenters. The van der Waals surface area contributed by atoms with Crippen LogP contribution in [0.1, 0.15) is 5.56 Å². The minimum absolute atomic E-state index is 0.514. The number of aromatic nitrogens is 8. The molecule has 10 heteroatoms. The second-order valence-corrected chi connectivity index (χ2v) is 7.90. The van der Waals surface area contributed by atoms with E-state index in [1.165, 1.54) is 0 Å². The molecule has 10 nitrogen and oxygen atoms in total. The molecule has 5 heterocycles. The van der Waals surface area contributed by atoms with Crippen LogP contribution in [0.4, 0.5) is 17.3 Å². The van der Waals surface area contributed by atoms with Gasteiger partial charge in [0, 0.05) is 58.5 Å². The Balaban J connectivity index is 1.67. The molecule has 5 rings (SSSR count). The minimum Gasteiger partial charge on any atom is -0.376 e. The summed E-state index contributed by atoms with van der Waals surface area (Å²) in [6, 6.07) is 5.94. The van der Waals surface area contributed by atoms with Gasteiger partial charge in [-0.1, -0.05) is 0 Å². The van der Waals surface area contributed by atoms with E-state index in [1.807, 2.05) is 85.2 Å². The lowest BCUT2D eigenvalue weighted by Gasteiger charge is -2.13. The highest BCUT2D eigenvalue weighted by Crippen LogP contribution is 2.32. The minimum atomic E-state index is 0.514. The smallest absolute Gasteiger partial charge is 0.218 e. The summed E-state index contributed by atoms with van der Waals surface area (Å²) >= 11 is 0. The first-order chi connectivity index (χ1) is 15.4. The normalized spacial score (nSPS) is 11.3. The average Bonchev–Trinajstić information content (AvgIpc) is 3.47. The van der Waals surface area contributed by atoms with E-state index in [9.17, 15) is 0 Å². The molecule has 1 N–H and O–H groups in total. The standard InChI is InChI=1S/C22H24N10/c1-14-16(17-8-10-31(5)27-17)13-32-19(14)20(25-18-7-6-15(12-24-18)29(2)3)26-21(28-32)22-23-9-11-30(22)4/h6-13H,1-5H3,(H,24,25,26,28). The van der Waals surface area contributed by atoms with Crippen molar-refractivity contribution in [2.45, 2.75) is 6.92 Å². The molecule has 5 aromatic heterocycles. The molecule has 162 valence electrons. The van der Waals surface area contributed by atoms with Crippen LogP contribution in [0, 0.1) is 6.92 Å². The summed E-state index contributed by atoms with van der Waals surface area (Å²) < 4.78 is 5.52. The molecule has 5 aromatic rings. The zero-order valence-electron chi connectivity index (χ0n) is 18.6. The number of aryl methyl sites for hydroxylation is 3. The number of imidazole rings is 1. The Labute approximate surface area is 185 Å². The van der Waals surface area contributed by atoms with Crippen molar-refractivity contribution in [3.05, 3.63) is 54.7 Å². The quantitative estimate of drug-likeness (QED) is 0.460. The van der Waals surface area contributed by atoms with Crippen LogP contribution in [0.5, 0.6) is 0 Å². The van der Waals surface area contributed by atoms with Gasteiger partial charge in [0.1, 0.15) is 11.3 Å². The molecule has 0 saturated carbocycles. The zero-order valence-corrected chi connectivity index (χ0v) is 18.6. The van der Waals surface area contributed by atoms with Crippen molar-refractivity contribution in [2.24, 2.45) is 14.1 Å². The number of hydrogen-bond acceptors (Lipinski definition) is 7. The highest BCUT2D eigenvalue weighted by Gasteiger charge is 2.19. The summed E-state index contributed by atoms with van der Waals surface area (Å²) in [5.41, 5.74) is 4.79. The van der Waals surface area contributed by atoms with Gasteiger partial charge < -0.3 is 14.8 Å². The molecule has 0 aliphatic rings. The Bertz CT molecular complexity index is 1400. The summed E-state index contributed by atoms with van der Waals surface area (Å²) in [5.74, 6) is 2.54. The highest BCUT2D eigenvalue weighted by molar-refractivity contribution is 5.84. The lowest BCUT2D eigenvalue weighted by molar-refractivity contribution is 0.770. The van der Waals surface area contributed by atoms with Crippen LogP contribution in [0.2, 0.25) is 0 Å². The Hall–Kier alpha value is -4.21. The summed E-state index contributed by atoms with van der Waals surface area (Å²) in [7, 11) is 7.80. The summed E-state index contributed by atoms with van der Waals surface area (Å²) in [4.78, 5) is 15.8. The van der Waals surface area contributed by atoms with Gasteiger partial charge in [-0.25, -0.2) is 19.5 Å². The lowest BCUT2D eigenvalue weighted by atomic mass is 10.1. The first-order valence-corrected chi connectivity index (χ1v) is 10.2. The number of fused-ring (bicyclic) bond motifs is 1. The predicted octanol–water partition coefficient (Wildman–Crippen LogP) is 3.04. The SMILES string of the molecule is Cc1c(-c2ccn(C)n2)cn2nc(-c3nccn3C)nc(Nc3ccc(N(C)C)cn3)c12. The van der Waals surface area contributed by atoms with Gasteiger partial charge in [-0.15, -0.1) is 5.10 Å². The Kier molecular flexibility index (Phi) is 4.62. The molecule has 0 fully saturated rings. The Morgan fingerprint density at radius 2 is 1.84 bits per heavy atom. The fourth-order valence-corrected chi connectivity index (χ4v) is 3.66. The van der Waals surface area contributed by atoms with Gasteiger partial charge in [0.15, 0.2) is 11.6 Å². The number of nitrogens with one attached hydrogen (secondary N) is 1. The van der Waals surface area contributed by atoms with Crippen molar-refractivity contribution >= 4 is 22.8 Å². The number of pyridine rings is 1. The molecule has 0 saturated heterocycles. The summed E-state index contributed by atoms with van der Waals surface area (Å²) in [6.45, 7) is 2.05. The van der Waals surface area contributed by atoms with E-state index >= 15 is 0 Å². The molecule has 0 radical (unpaired) electrons. The fourth-order valence-electron chi connectivity index (χ4n) is 3.66. The molecule has 0 aromatic carbocycles. The van der Waals surface area contributed by atoms with Crippen molar-refractivity contribution in [3.63, 3.8) is 0 Å². The van der Waals surface area contributed by atoms with E-state index in [-0.39, 0.29) is 0 Å². The molecule has 0 aliphatic carbocycles. The van der Waals surface area contributed by atoms with Crippen LogP contribution in [-0.2, 0) is 14.1 Å². The number of rotatable bonds is 5. The van der Waals surface area contributed by atoms with Crippen LogP contribution in [0.3, 0.4) is 0 Å². The van der Waals surface area contributed by atoms with Crippen molar-refractivity contribution in [3.8, 4) is 22.9 Å². The first-order valence-electron chi connectivity index (χ1n) is 10.2. The summed E-state index contributed by atoms with van der Waals surface area (Å²) in [5, 5.41) is 12.7. The third-order valence-corrected chi connectivity index (χ3v) is 5.41. The van der Waals surface area contributed by atoms with E-state index in [0.717, 1.165) is 28.0 Å². The van der Waals surface area contributed by atoms with E-state index in [0.29, 0.717) is 23.3 Å². The molecular formula is C22H24N10. The maximum atomic E-state index is 4.83. The number of anilines is 3. The van der Waals surface area contributed by atoms with Crippen molar-refractivity contribution in [2.75, 3.05) is 24.3 Å². The van der Waals surface area contributed by atoms with Crippen LogP contribution < -0.4 is 10.2 Å². The third kappa shape index (κ3) is 3.35. The van der Waals surface area contributed by atoms with E-state index in [2.05, 4.69) is 27.3 Å². The van der Waals surface area contributed by atoms with Gasteiger partial charge in [-0.05, 0) is 30.7 Å². The van der Waals surface area contributed by atoms with E-state index < -0.39 is 0 Å². The van der Waals surface area contributed by atoms with Gasteiger partial charge in [0.05, 0.1) is 17.6 Å². The fraction of sp³-hybridized carbons (Fsp3) is 0.227. The molecule has 0 atom stereocenters. The van der Waals surface area contributed by atoms with Gasteiger partial charge in [0.2, 0.25) is 5.82 Å². The zero-order chi connectivity index (χ0) is 22.4. The second-order valence-electron chi connectivity index (χ2n) is 7.90. The monoisotopic (exact) mass is 428 g/mol. The lowest BCUT2D eigenvalue weighted by Crippen LogP contribution is -2.09. The van der Waals surface area contributed by atoms with Crippen LogP contribution in [-0.4, -0.2) is 53.0 Å².